The lowest BCUT2D eigenvalue weighted by atomic mass is 10.1. The molecule has 1 saturated heterocycles. The van der Waals surface area contributed by atoms with E-state index in [1.54, 1.807) is 0 Å². The summed E-state index contributed by atoms with van der Waals surface area (Å²) in [4.78, 5) is 0. The second-order valence-corrected chi connectivity index (χ2v) is 16.8. The van der Waals surface area contributed by atoms with Crippen molar-refractivity contribution in [1.29, 1.82) is 0 Å². The van der Waals surface area contributed by atoms with Crippen LogP contribution in [-0.2, 0) is 20.6 Å². The van der Waals surface area contributed by atoms with E-state index in [-0.39, 0.29) is 0 Å². The Hall–Kier alpha value is 0.884. The monoisotopic (exact) mass is 440 g/mol. The third kappa shape index (κ3) is 16.8. The van der Waals surface area contributed by atoms with Crippen LogP contribution in [0.2, 0.25) is 6.04 Å². The molecule has 0 aromatic carbocycles. The highest BCUT2D eigenvalue weighted by Crippen LogP contribution is 2.14. The molecule has 5 nitrogen and oxygen atoms in total. The van der Waals surface area contributed by atoms with E-state index >= 15 is 0 Å². The fraction of sp³-hybridized carbons (Fsp3) is 1.00. The third-order valence-electron chi connectivity index (χ3n) is 4.55. The van der Waals surface area contributed by atoms with Crippen LogP contribution in [0.1, 0.15) is 90.4 Å². The van der Waals surface area contributed by atoms with Crippen LogP contribution >= 0.6 is 0 Å². The predicted molar refractivity (Wildman–Crippen MR) is 117 cm³/mol. The molecule has 0 bridgehead atoms. The first-order valence-corrected chi connectivity index (χ1v) is 16.8. The first kappa shape index (κ1) is 23.9. The highest BCUT2D eigenvalue weighted by molar-refractivity contribution is 6.59. The van der Waals surface area contributed by atoms with Crippen LogP contribution in [0.25, 0.3) is 0 Å². The van der Waals surface area contributed by atoms with Gasteiger partial charge in [-0.3, -0.25) is 0 Å². The zero-order valence-electron chi connectivity index (χ0n) is 16.3. The van der Waals surface area contributed by atoms with Crippen LogP contribution < -0.4 is 0 Å². The van der Waals surface area contributed by atoms with Gasteiger partial charge in [0.1, 0.15) is 0 Å². The van der Waals surface area contributed by atoms with E-state index < -0.39 is 49.3 Å². The Morgan fingerprint density at radius 3 is 1.40 bits per heavy atom. The van der Waals surface area contributed by atoms with Crippen molar-refractivity contribution >= 4 is 49.3 Å². The summed E-state index contributed by atoms with van der Waals surface area (Å²) in [5, 5.41) is 0. The Bertz CT molecular complexity index is 269. The van der Waals surface area contributed by atoms with Crippen LogP contribution in [0.3, 0.4) is 0 Å². The number of hydrogen-bond donors (Lipinski definition) is 0. The van der Waals surface area contributed by atoms with Gasteiger partial charge in [0.25, 0.3) is 40.0 Å². The molecule has 0 aliphatic carbocycles. The maximum atomic E-state index is 5.88. The smallest absolute Gasteiger partial charge is 0.303 e. The first-order chi connectivity index (χ1) is 12.4. The molecular weight excluding hydrogens is 401 g/mol. The molecule has 0 unspecified atom stereocenters. The van der Waals surface area contributed by atoms with Gasteiger partial charge in [0.15, 0.2) is 0 Å². The molecule has 10 heteroatoms. The molecule has 0 aromatic heterocycles. The SMILES string of the molecule is CCCCCCCCCCCCCCC[SiH]1O[SiH2]O[SiH2]O[SiH2]O[SiH2]O1. The minimum absolute atomic E-state index is 0.792. The van der Waals surface area contributed by atoms with Crippen molar-refractivity contribution < 1.29 is 20.6 Å². The minimum Gasteiger partial charge on any atom is -0.425 e. The zero-order chi connectivity index (χ0) is 17.8. The van der Waals surface area contributed by atoms with E-state index in [2.05, 4.69) is 6.92 Å². The van der Waals surface area contributed by atoms with Crippen LogP contribution in [0.5, 0.6) is 0 Å². The first-order valence-electron chi connectivity index (χ1n) is 10.4. The molecule has 25 heavy (non-hydrogen) atoms. The molecule has 0 atom stereocenters. The van der Waals surface area contributed by atoms with Gasteiger partial charge in [-0.15, -0.1) is 0 Å². The fourth-order valence-corrected chi connectivity index (χ4v) is 13.8. The van der Waals surface area contributed by atoms with Crippen molar-refractivity contribution in [2.75, 3.05) is 0 Å². The van der Waals surface area contributed by atoms with Crippen molar-refractivity contribution in [2.24, 2.45) is 0 Å². The van der Waals surface area contributed by atoms with E-state index in [9.17, 15) is 0 Å². The lowest BCUT2D eigenvalue weighted by Gasteiger charge is -2.19. The number of unbranched alkanes of at least 4 members (excludes halogenated alkanes) is 12. The second-order valence-electron chi connectivity index (χ2n) is 6.88. The summed E-state index contributed by atoms with van der Waals surface area (Å²) in [6.07, 6.45) is 18.2. The highest BCUT2D eigenvalue weighted by Gasteiger charge is 2.14. The van der Waals surface area contributed by atoms with Gasteiger partial charge in [0.2, 0.25) is 0 Å². The van der Waals surface area contributed by atoms with E-state index in [0.29, 0.717) is 0 Å². The molecular formula is C15H40O5Si5. The van der Waals surface area contributed by atoms with Gasteiger partial charge < -0.3 is 20.6 Å². The van der Waals surface area contributed by atoms with E-state index in [1.807, 2.05) is 0 Å². The summed E-state index contributed by atoms with van der Waals surface area (Å²) in [6.45, 7) is 2.28. The van der Waals surface area contributed by atoms with Gasteiger partial charge in [-0.05, 0) is 6.04 Å². The van der Waals surface area contributed by atoms with Crippen molar-refractivity contribution in [1.82, 2.24) is 0 Å². The van der Waals surface area contributed by atoms with Crippen molar-refractivity contribution in [3.63, 3.8) is 0 Å². The number of rotatable bonds is 14. The molecule has 0 spiro atoms. The molecule has 0 saturated carbocycles. The van der Waals surface area contributed by atoms with Crippen LogP contribution in [0.15, 0.2) is 0 Å². The normalized spacial score (nSPS) is 23.6. The van der Waals surface area contributed by atoms with Gasteiger partial charge in [-0.1, -0.05) is 90.4 Å². The molecule has 150 valence electrons. The molecule has 0 aromatic rings. The van der Waals surface area contributed by atoms with Crippen molar-refractivity contribution in [3.8, 4) is 0 Å². The predicted octanol–water partition coefficient (Wildman–Crippen LogP) is 1.39. The average molecular weight is 441 g/mol. The summed E-state index contributed by atoms with van der Waals surface area (Å²) in [7, 11) is -4.73. The Morgan fingerprint density at radius 1 is 0.520 bits per heavy atom. The average Bonchev–Trinajstić information content (AvgIpc) is 2.64. The standard InChI is InChI=1S/C15H40O5Si5/c1-2-3-4-5-6-7-8-9-10-11-12-13-14-15-25-19-23-17-21-16-22-18-24-20-25/h25H,2-15,21-24H2,1H3. The van der Waals surface area contributed by atoms with Crippen LogP contribution in [0, 0.1) is 0 Å². The maximum Gasteiger partial charge on any atom is 0.303 e. The molecule has 1 rings (SSSR count). The van der Waals surface area contributed by atoms with Crippen molar-refractivity contribution in [3.05, 3.63) is 0 Å². The summed E-state index contributed by atoms with van der Waals surface area (Å²) in [6, 6.07) is 1.13. The maximum absolute atomic E-state index is 5.88. The minimum atomic E-state index is -1.47. The van der Waals surface area contributed by atoms with Gasteiger partial charge in [-0.25, -0.2) is 0 Å². The molecule has 0 N–H and O–H groups in total. The van der Waals surface area contributed by atoms with Gasteiger partial charge in [0, 0.05) is 0 Å². The topological polar surface area (TPSA) is 46.2 Å². The van der Waals surface area contributed by atoms with Crippen molar-refractivity contribution in [2.45, 2.75) is 96.4 Å². The highest BCUT2D eigenvalue weighted by atomic mass is 28.4. The number of hydrogen-bond acceptors (Lipinski definition) is 5. The molecule has 1 heterocycles. The lowest BCUT2D eigenvalue weighted by molar-refractivity contribution is 0.330. The van der Waals surface area contributed by atoms with Gasteiger partial charge in [0.05, 0.1) is 0 Å². The van der Waals surface area contributed by atoms with Gasteiger partial charge in [-0.2, -0.15) is 0 Å². The molecule has 1 aliphatic heterocycles. The Labute approximate surface area is 166 Å². The van der Waals surface area contributed by atoms with Gasteiger partial charge >= 0.3 is 9.28 Å². The zero-order valence-corrected chi connectivity index (χ0v) is 23.2. The summed E-state index contributed by atoms with van der Waals surface area (Å²) >= 11 is 0. The fourth-order valence-electron chi connectivity index (χ4n) is 3.01. The molecule has 0 radical (unpaired) electrons. The second kappa shape index (κ2) is 19.6. The summed E-state index contributed by atoms with van der Waals surface area (Å²) < 4.78 is 28.2. The van der Waals surface area contributed by atoms with Crippen LogP contribution in [-0.4, -0.2) is 49.3 Å². The molecule has 0 amide bonds. The third-order valence-corrected chi connectivity index (χ3v) is 13.5. The van der Waals surface area contributed by atoms with E-state index in [0.717, 1.165) is 6.04 Å². The molecule has 1 fully saturated rings. The lowest BCUT2D eigenvalue weighted by Crippen LogP contribution is -2.32. The van der Waals surface area contributed by atoms with E-state index in [1.165, 1.54) is 83.5 Å². The van der Waals surface area contributed by atoms with Crippen LogP contribution in [0.4, 0.5) is 0 Å². The Balaban J connectivity index is 1.82. The summed E-state index contributed by atoms with van der Waals surface area (Å²) in [5.74, 6) is 0. The Morgan fingerprint density at radius 2 is 0.920 bits per heavy atom. The molecule has 1 aliphatic rings. The summed E-state index contributed by atoms with van der Waals surface area (Å²) in [5.41, 5.74) is 0. The Kier molecular flexibility index (Phi) is 18.8. The quantitative estimate of drug-likeness (QED) is 0.302. The largest absolute Gasteiger partial charge is 0.425 e. The van der Waals surface area contributed by atoms with E-state index in [4.69, 9.17) is 20.6 Å².